The van der Waals surface area contributed by atoms with Gasteiger partial charge >= 0.3 is 0 Å². The Kier molecular flexibility index (Phi) is 6.85. The van der Waals surface area contributed by atoms with Crippen LogP contribution in [0.5, 0.6) is 0 Å². The van der Waals surface area contributed by atoms with E-state index in [9.17, 15) is 0 Å². The fourth-order valence-corrected chi connectivity index (χ4v) is 1.71. The molecule has 3 heteroatoms. The summed E-state index contributed by atoms with van der Waals surface area (Å²) in [4.78, 5) is 0. The fourth-order valence-electron chi connectivity index (χ4n) is 0.339. The van der Waals surface area contributed by atoms with Gasteiger partial charge in [-0.1, -0.05) is 46.9 Å². The molecule has 0 nitrogen and oxygen atoms in total. The zero-order valence-electron chi connectivity index (χ0n) is 4.82. The van der Waals surface area contributed by atoms with Crippen LogP contribution < -0.4 is 0 Å². The first kappa shape index (κ1) is 8.98. The molecule has 0 amide bonds. The van der Waals surface area contributed by atoms with E-state index in [-0.39, 0.29) is 0 Å². The van der Waals surface area contributed by atoms with Crippen molar-refractivity contribution < 1.29 is 0 Å². The Morgan fingerprint density at radius 2 is 2.38 bits per heavy atom. The zero-order chi connectivity index (χ0) is 6.41. The second kappa shape index (κ2) is 6.10. The van der Waals surface area contributed by atoms with E-state index >= 15 is 0 Å². The van der Waals surface area contributed by atoms with E-state index in [1.807, 2.05) is 0 Å². The van der Waals surface area contributed by atoms with Gasteiger partial charge in [0, 0.05) is 0 Å². The van der Waals surface area contributed by atoms with Crippen molar-refractivity contribution in [2.75, 3.05) is 0 Å². The summed E-state index contributed by atoms with van der Waals surface area (Å²) in [6.45, 7) is 2.16. The van der Waals surface area contributed by atoms with Gasteiger partial charge in [0.05, 0.1) is 0 Å². The molecule has 0 unspecified atom stereocenters. The van der Waals surface area contributed by atoms with Crippen molar-refractivity contribution in [1.29, 1.82) is 0 Å². The van der Waals surface area contributed by atoms with Gasteiger partial charge in [-0.3, -0.25) is 0 Å². The minimum atomic E-state index is -0.645. The molecule has 0 spiro atoms. The van der Waals surface area contributed by atoms with Crippen molar-refractivity contribution in [3.8, 4) is 0 Å². The van der Waals surface area contributed by atoms with Crippen LogP contribution in [-0.2, 0) is 0 Å². The minimum absolute atomic E-state index is 0.645. The van der Waals surface area contributed by atoms with E-state index in [1.165, 1.54) is 12.8 Å². The number of rotatable bonds is 3. The lowest BCUT2D eigenvalue weighted by Gasteiger charge is -1.83. The minimum Gasteiger partial charge on any atom is -0.149 e. The highest BCUT2D eigenvalue weighted by Gasteiger charge is 1.90. The average Bonchev–Trinajstić information content (AvgIpc) is 1.66. The van der Waals surface area contributed by atoms with Crippen molar-refractivity contribution in [2.24, 2.45) is 0 Å². The second-order valence-corrected chi connectivity index (χ2v) is 9.01. The van der Waals surface area contributed by atoms with Crippen LogP contribution in [0.25, 0.3) is 0 Å². The monoisotopic (exact) mass is 259 g/mol. The van der Waals surface area contributed by atoms with E-state index in [2.05, 4.69) is 40.5 Å². The van der Waals surface area contributed by atoms with Gasteiger partial charge in [-0.05, 0) is 6.42 Å². The third-order valence-corrected chi connectivity index (χ3v) is 2.64. The number of unbranched alkanes of at least 4 members (excludes halogenated alkanes) is 1. The molecular formula is C5H9ClISi. The third-order valence-electron chi connectivity index (χ3n) is 0.699. The molecular weight excluding hydrogens is 250 g/mol. The largest absolute Gasteiger partial charge is 0.265 e. The molecule has 0 aromatic rings. The Bertz CT molecular complexity index is 72.8. The molecule has 0 fully saturated rings. The Balaban J connectivity index is 3.07. The van der Waals surface area contributed by atoms with Gasteiger partial charge in [-0.25, -0.2) is 0 Å². The molecule has 0 bridgehead atoms. The summed E-state index contributed by atoms with van der Waals surface area (Å²) in [5.74, 6) is 0. The molecule has 0 rings (SSSR count). The van der Waals surface area contributed by atoms with E-state index in [1.54, 1.807) is 0 Å². The normalized spacial score (nSPS) is 11.5. The Labute approximate surface area is 69.8 Å². The zero-order valence-corrected chi connectivity index (χ0v) is 8.74. The van der Waals surface area contributed by atoms with Gasteiger partial charge in [-0.15, -0.1) is 11.1 Å². The molecule has 47 valence electrons. The number of halogens is 2. The van der Waals surface area contributed by atoms with Crippen LogP contribution in [0.4, 0.5) is 0 Å². The van der Waals surface area contributed by atoms with Crippen LogP contribution in [0.3, 0.4) is 0 Å². The van der Waals surface area contributed by atoms with Gasteiger partial charge in [0.1, 0.15) is 0 Å². The van der Waals surface area contributed by atoms with Gasteiger partial charge in [-0.2, -0.15) is 0 Å². The lowest BCUT2D eigenvalue weighted by Crippen LogP contribution is -1.81. The molecule has 0 saturated heterocycles. The summed E-state index contributed by atoms with van der Waals surface area (Å²) < 4.78 is 0. The topological polar surface area (TPSA) is 0 Å². The molecule has 0 aromatic carbocycles. The lowest BCUT2D eigenvalue weighted by molar-refractivity contribution is 0.960. The average molecular weight is 260 g/mol. The summed E-state index contributed by atoms with van der Waals surface area (Å²) in [5.41, 5.74) is 1.46. The Hall–Kier alpha value is 0.977. The van der Waals surface area contributed by atoms with Gasteiger partial charge in [0.2, 0.25) is 0 Å². The first-order chi connectivity index (χ1) is 3.77. The molecule has 0 aromatic heterocycles. The van der Waals surface area contributed by atoms with Crippen LogP contribution >= 0.6 is 32.9 Å². The van der Waals surface area contributed by atoms with Crippen molar-refractivity contribution >= 4 is 38.5 Å². The predicted molar refractivity (Wildman–Crippen MR) is 49.7 cm³/mol. The van der Waals surface area contributed by atoms with Crippen LogP contribution in [0.2, 0.25) is 0 Å². The predicted octanol–water partition coefficient (Wildman–Crippen LogP) is 3.04. The lowest BCUT2D eigenvalue weighted by atomic mass is 10.3. The summed E-state index contributed by atoms with van der Waals surface area (Å²) in [6.07, 6.45) is 4.55. The maximum atomic E-state index is 5.72. The maximum Gasteiger partial charge on any atom is 0.265 e. The Morgan fingerprint density at radius 3 is 2.75 bits per heavy atom. The summed E-state index contributed by atoms with van der Waals surface area (Å²) in [7, 11) is 0. The molecule has 0 aliphatic rings. The van der Waals surface area contributed by atoms with Crippen LogP contribution in [0.1, 0.15) is 19.8 Å². The van der Waals surface area contributed by atoms with Crippen molar-refractivity contribution in [3.05, 3.63) is 11.8 Å². The van der Waals surface area contributed by atoms with Crippen molar-refractivity contribution in [1.82, 2.24) is 0 Å². The van der Waals surface area contributed by atoms with Gasteiger partial charge < -0.3 is 0 Å². The summed E-state index contributed by atoms with van der Waals surface area (Å²) in [5, 5.41) is 0. The highest BCUT2D eigenvalue weighted by Crippen LogP contribution is 2.02. The molecule has 0 atom stereocenters. The number of hydrogen-bond donors (Lipinski definition) is 0. The van der Waals surface area contributed by atoms with E-state index < -0.39 is 5.60 Å². The van der Waals surface area contributed by atoms with Crippen molar-refractivity contribution in [3.63, 3.8) is 0 Å². The molecule has 0 N–H and O–H groups in total. The number of allylic oxidation sites excluding steroid dienone is 1. The van der Waals surface area contributed by atoms with E-state index in [0.717, 1.165) is 0 Å². The first-order valence-corrected chi connectivity index (χ1v) is 8.32. The highest BCUT2D eigenvalue weighted by molar-refractivity contribution is 14.1. The second-order valence-electron chi connectivity index (χ2n) is 1.48. The van der Waals surface area contributed by atoms with Crippen LogP contribution in [0, 0.1) is 0 Å². The fraction of sp³-hybridized carbons (Fsp3) is 0.600. The SMILES string of the molecule is CCCC=C[Si](Cl)I. The number of hydrogen-bond acceptors (Lipinski definition) is 0. The first-order valence-electron chi connectivity index (χ1n) is 2.62. The molecule has 0 aliphatic heterocycles. The molecule has 0 aliphatic carbocycles. The molecule has 0 saturated carbocycles. The van der Waals surface area contributed by atoms with Gasteiger partial charge in [0.15, 0.2) is 0 Å². The molecule has 1 radical (unpaired) electrons. The summed E-state index contributed by atoms with van der Waals surface area (Å²) in [6, 6.07) is 0. The van der Waals surface area contributed by atoms with Crippen molar-refractivity contribution in [2.45, 2.75) is 19.8 Å². The Morgan fingerprint density at radius 1 is 1.75 bits per heavy atom. The standard InChI is InChI=1S/C5H9ClISi/c1-2-3-4-5-8(6)7/h4-5H,2-3H2,1H3. The summed E-state index contributed by atoms with van der Waals surface area (Å²) >= 11 is 7.98. The van der Waals surface area contributed by atoms with E-state index in [4.69, 9.17) is 11.1 Å². The molecule has 0 heterocycles. The quantitative estimate of drug-likeness (QED) is 0.415. The molecule has 8 heavy (non-hydrogen) atoms. The van der Waals surface area contributed by atoms with Crippen LogP contribution in [-0.4, -0.2) is 5.60 Å². The maximum absolute atomic E-state index is 5.72. The van der Waals surface area contributed by atoms with Gasteiger partial charge in [0.25, 0.3) is 5.60 Å². The third kappa shape index (κ3) is 6.98. The smallest absolute Gasteiger partial charge is 0.149 e. The highest BCUT2D eigenvalue weighted by atomic mass is 127. The van der Waals surface area contributed by atoms with E-state index in [0.29, 0.717) is 0 Å². The van der Waals surface area contributed by atoms with Crippen LogP contribution in [0.15, 0.2) is 11.8 Å².